The van der Waals surface area contributed by atoms with Crippen molar-refractivity contribution >= 4 is 23.2 Å². The molecule has 1 amide bonds. The molecule has 0 saturated carbocycles. The summed E-state index contributed by atoms with van der Waals surface area (Å²) in [5.74, 6) is -0.0517. The van der Waals surface area contributed by atoms with Crippen LogP contribution in [0.25, 0.3) is 0 Å². The van der Waals surface area contributed by atoms with Crippen LogP contribution in [0.5, 0.6) is 0 Å². The van der Waals surface area contributed by atoms with Gasteiger partial charge in [0.25, 0.3) is 5.91 Å². The van der Waals surface area contributed by atoms with E-state index in [0.29, 0.717) is 11.6 Å². The Labute approximate surface area is 119 Å². The van der Waals surface area contributed by atoms with E-state index >= 15 is 0 Å². The van der Waals surface area contributed by atoms with Crippen molar-refractivity contribution in [2.24, 2.45) is 0 Å². The SMILES string of the molecule is CCc1ccc(Cl)c(CC)c1NC(=O)C1CCCO1. The van der Waals surface area contributed by atoms with Gasteiger partial charge >= 0.3 is 0 Å². The molecule has 0 aliphatic carbocycles. The predicted molar refractivity (Wildman–Crippen MR) is 77.8 cm³/mol. The third kappa shape index (κ3) is 3.10. The Morgan fingerprint density at radius 2 is 2.21 bits per heavy atom. The van der Waals surface area contributed by atoms with E-state index in [1.165, 1.54) is 0 Å². The molecule has 0 aromatic heterocycles. The van der Waals surface area contributed by atoms with E-state index in [1.807, 2.05) is 19.1 Å². The molecule has 1 aromatic carbocycles. The summed E-state index contributed by atoms with van der Waals surface area (Å²) in [5, 5.41) is 3.73. The maximum absolute atomic E-state index is 12.2. The van der Waals surface area contributed by atoms with E-state index in [2.05, 4.69) is 12.2 Å². The second kappa shape index (κ2) is 6.40. The quantitative estimate of drug-likeness (QED) is 0.916. The summed E-state index contributed by atoms with van der Waals surface area (Å²) in [7, 11) is 0. The van der Waals surface area contributed by atoms with Crippen molar-refractivity contribution in [1.29, 1.82) is 0 Å². The number of hydrogen-bond acceptors (Lipinski definition) is 2. The molecule has 2 rings (SSSR count). The number of amides is 1. The second-order valence-electron chi connectivity index (χ2n) is 4.76. The molecule has 1 N–H and O–H groups in total. The Kier molecular flexibility index (Phi) is 4.83. The lowest BCUT2D eigenvalue weighted by molar-refractivity contribution is -0.124. The molecule has 1 unspecified atom stereocenters. The molecule has 1 aliphatic rings. The number of carbonyl (C=O) groups excluding carboxylic acids is 1. The van der Waals surface area contributed by atoms with Crippen molar-refractivity contribution in [1.82, 2.24) is 0 Å². The zero-order chi connectivity index (χ0) is 13.8. The predicted octanol–water partition coefficient (Wildman–Crippen LogP) is 3.58. The number of carbonyl (C=O) groups is 1. The lowest BCUT2D eigenvalue weighted by Crippen LogP contribution is -2.28. The van der Waals surface area contributed by atoms with Gasteiger partial charge in [-0.2, -0.15) is 0 Å². The summed E-state index contributed by atoms with van der Waals surface area (Å²) in [6.45, 7) is 4.79. The van der Waals surface area contributed by atoms with Gasteiger partial charge < -0.3 is 10.1 Å². The molecular formula is C15H20ClNO2. The highest BCUT2D eigenvalue weighted by molar-refractivity contribution is 6.32. The maximum atomic E-state index is 12.2. The molecule has 19 heavy (non-hydrogen) atoms. The normalized spacial score (nSPS) is 18.6. The van der Waals surface area contributed by atoms with Crippen LogP contribution in [0, 0.1) is 0 Å². The fourth-order valence-electron chi connectivity index (χ4n) is 2.46. The third-order valence-corrected chi connectivity index (χ3v) is 3.90. The largest absolute Gasteiger partial charge is 0.368 e. The number of benzene rings is 1. The number of ether oxygens (including phenoxy) is 1. The highest BCUT2D eigenvalue weighted by Crippen LogP contribution is 2.30. The third-order valence-electron chi connectivity index (χ3n) is 3.55. The molecule has 4 heteroatoms. The van der Waals surface area contributed by atoms with Crippen LogP contribution >= 0.6 is 11.6 Å². The van der Waals surface area contributed by atoms with Gasteiger partial charge in [0.2, 0.25) is 0 Å². The zero-order valence-corrected chi connectivity index (χ0v) is 12.2. The van der Waals surface area contributed by atoms with E-state index in [0.717, 1.165) is 42.5 Å². The standard InChI is InChI=1S/C15H20ClNO2/c1-3-10-7-8-12(16)11(4-2)14(10)17-15(18)13-6-5-9-19-13/h7-8,13H,3-6,9H2,1-2H3,(H,17,18). The number of hydrogen-bond donors (Lipinski definition) is 1. The topological polar surface area (TPSA) is 38.3 Å². The average molecular weight is 282 g/mol. The van der Waals surface area contributed by atoms with Crippen molar-refractivity contribution in [2.75, 3.05) is 11.9 Å². The molecule has 1 fully saturated rings. The first-order chi connectivity index (χ1) is 9.17. The Bertz CT molecular complexity index is 467. The van der Waals surface area contributed by atoms with Crippen LogP contribution in [-0.2, 0) is 22.4 Å². The molecule has 0 spiro atoms. The number of anilines is 1. The van der Waals surface area contributed by atoms with E-state index in [-0.39, 0.29) is 12.0 Å². The molecule has 3 nitrogen and oxygen atoms in total. The van der Waals surface area contributed by atoms with Crippen LogP contribution in [0.2, 0.25) is 5.02 Å². The molecule has 1 atom stereocenters. The van der Waals surface area contributed by atoms with Gasteiger partial charge in [-0.15, -0.1) is 0 Å². The molecule has 0 radical (unpaired) electrons. The molecule has 1 heterocycles. The highest BCUT2D eigenvalue weighted by atomic mass is 35.5. The summed E-state index contributed by atoms with van der Waals surface area (Å²) in [6, 6.07) is 3.88. The van der Waals surface area contributed by atoms with Crippen LogP contribution in [0.1, 0.15) is 37.8 Å². The first kappa shape index (κ1) is 14.4. The van der Waals surface area contributed by atoms with Crippen molar-refractivity contribution in [3.8, 4) is 0 Å². The molecular weight excluding hydrogens is 262 g/mol. The first-order valence-electron chi connectivity index (χ1n) is 6.90. The minimum atomic E-state index is -0.312. The van der Waals surface area contributed by atoms with Crippen molar-refractivity contribution < 1.29 is 9.53 Å². The van der Waals surface area contributed by atoms with Gasteiger partial charge in [-0.1, -0.05) is 31.5 Å². The van der Waals surface area contributed by atoms with Crippen LogP contribution in [0.4, 0.5) is 5.69 Å². The summed E-state index contributed by atoms with van der Waals surface area (Å²) in [6.07, 6.45) is 3.11. The van der Waals surface area contributed by atoms with Gasteiger partial charge in [-0.05, 0) is 42.9 Å². The first-order valence-corrected chi connectivity index (χ1v) is 7.27. The maximum Gasteiger partial charge on any atom is 0.253 e. The number of nitrogens with one attached hydrogen (secondary N) is 1. The van der Waals surface area contributed by atoms with E-state index in [9.17, 15) is 4.79 Å². The second-order valence-corrected chi connectivity index (χ2v) is 5.17. The Balaban J connectivity index is 2.26. The summed E-state index contributed by atoms with van der Waals surface area (Å²) >= 11 is 6.22. The number of aryl methyl sites for hydroxylation is 1. The smallest absolute Gasteiger partial charge is 0.253 e. The van der Waals surface area contributed by atoms with Gasteiger partial charge in [0.1, 0.15) is 6.10 Å². The summed E-state index contributed by atoms with van der Waals surface area (Å²) < 4.78 is 5.42. The fourth-order valence-corrected chi connectivity index (χ4v) is 2.75. The fraction of sp³-hybridized carbons (Fsp3) is 0.533. The summed E-state index contributed by atoms with van der Waals surface area (Å²) in [4.78, 5) is 12.2. The van der Waals surface area contributed by atoms with Crippen LogP contribution in [0.3, 0.4) is 0 Å². The Morgan fingerprint density at radius 3 is 2.79 bits per heavy atom. The lowest BCUT2D eigenvalue weighted by Gasteiger charge is -2.17. The average Bonchev–Trinajstić information content (AvgIpc) is 2.93. The zero-order valence-electron chi connectivity index (χ0n) is 11.5. The van der Waals surface area contributed by atoms with E-state index in [1.54, 1.807) is 0 Å². The monoisotopic (exact) mass is 281 g/mol. The minimum Gasteiger partial charge on any atom is -0.368 e. The van der Waals surface area contributed by atoms with Gasteiger partial charge in [-0.25, -0.2) is 0 Å². The molecule has 1 saturated heterocycles. The Morgan fingerprint density at radius 1 is 1.42 bits per heavy atom. The van der Waals surface area contributed by atoms with Gasteiger partial charge in [0.15, 0.2) is 0 Å². The van der Waals surface area contributed by atoms with Gasteiger partial charge in [0, 0.05) is 17.3 Å². The van der Waals surface area contributed by atoms with Crippen molar-refractivity contribution in [2.45, 2.75) is 45.6 Å². The van der Waals surface area contributed by atoms with Crippen LogP contribution in [0.15, 0.2) is 12.1 Å². The van der Waals surface area contributed by atoms with Crippen molar-refractivity contribution in [3.05, 3.63) is 28.3 Å². The van der Waals surface area contributed by atoms with Crippen LogP contribution in [-0.4, -0.2) is 18.6 Å². The van der Waals surface area contributed by atoms with E-state index < -0.39 is 0 Å². The van der Waals surface area contributed by atoms with Gasteiger partial charge in [-0.3, -0.25) is 4.79 Å². The molecule has 0 bridgehead atoms. The van der Waals surface area contributed by atoms with Crippen molar-refractivity contribution in [3.63, 3.8) is 0 Å². The highest BCUT2D eigenvalue weighted by Gasteiger charge is 2.25. The van der Waals surface area contributed by atoms with E-state index in [4.69, 9.17) is 16.3 Å². The molecule has 1 aromatic rings. The number of rotatable bonds is 4. The van der Waals surface area contributed by atoms with Gasteiger partial charge in [0.05, 0.1) is 0 Å². The van der Waals surface area contributed by atoms with Crippen LogP contribution < -0.4 is 5.32 Å². The molecule has 1 aliphatic heterocycles. The Hall–Kier alpha value is -1.06. The number of halogens is 1. The lowest BCUT2D eigenvalue weighted by atomic mass is 10.0. The summed E-state index contributed by atoms with van der Waals surface area (Å²) in [5.41, 5.74) is 3.00. The minimum absolute atomic E-state index is 0.0517. The molecule has 104 valence electrons.